The topological polar surface area (TPSA) is 21.3 Å². The van der Waals surface area contributed by atoms with Gasteiger partial charge < -0.3 is 10.1 Å². The molecular formula is C14H18F5NO. The zero-order chi connectivity index (χ0) is 15.9. The standard InChI is InChI=1S/C14H18F5NO/c1-2-20-11(5-6-21-9-14(17,18)19)7-10-3-4-12(15)13(16)8-10/h3-4,8,11,20H,2,5-7,9H2,1H3. The summed E-state index contributed by atoms with van der Waals surface area (Å²) in [5.41, 5.74) is 0.579. The normalized spacial score (nSPS) is 13.4. The van der Waals surface area contributed by atoms with E-state index in [2.05, 4.69) is 10.1 Å². The molecule has 1 aromatic carbocycles. The van der Waals surface area contributed by atoms with Crippen molar-refractivity contribution in [3.8, 4) is 0 Å². The van der Waals surface area contributed by atoms with E-state index in [4.69, 9.17) is 0 Å². The molecule has 0 saturated carbocycles. The zero-order valence-electron chi connectivity index (χ0n) is 11.6. The first-order valence-corrected chi connectivity index (χ1v) is 6.63. The van der Waals surface area contributed by atoms with E-state index in [0.717, 1.165) is 12.1 Å². The summed E-state index contributed by atoms with van der Waals surface area (Å²) in [4.78, 5) is 0. The molecule has 1 rings (SSSR count). The maximum atomic E-state index is 13.1. The van der Waals surface area contributed by atoms with Crippen LogP contribution in [0.2, 0.25) is 0 Å². The van der Waals surface area contributed by atoms with Crippen molar-refractivity contribution >= 4 is 0 Å². The lowest BCUT2D eigenvalue weighted by Crippen LogP contribution is -2.32. The molecule has 2 nitrogen and oxygen atoms in total. The molecule has 1 unspecified atom stereocenters. The molecule has 0 aliphatic carbocycles. The van der Waals surface area contributed by atoms with Crippen LogP contribution in [0.4, 0.5) is 22.0 Å². The second-order valence-corrected chi connectivity index (χ2v) is 4.66. The van der Waals surface area contributed by atoms with Gasteiger partial charge in [-0.2, -0.15) is 13.2 Å². The van der Waals surface area contributed by atoms with Crippen LogP contribution < -0.4 is 5.32 Å². The van der Waals surface area contributed by atoms with Crippen LogP contribution in [-0.4, -0.2) is 32.0 Å². The third-order valence-corrected chi connectivity index (χ3v) is 2.84. The molecule has 1 atom stereocenters. The maximum Gasteiger partial charge on any atom is 0.411 e. The van der Waals surface area contributed by atoms with E-state index in [1.807, 2.05) is 6.92 Å². The van der Waals surface area contributed by atoms with Gasteiger partial charge in [0.15, 0.2) is 11.6 Å². The minimum atomic E-state index is -4.34. The average Bonchev–Trinajstić information content (AvgIpc) is 2.38. The largest absolute Gasteiger partial charge is 0.411 e. The average molecular weight is 311 g/mol. The lowest BCUT2D eigenvalue weighted by Gasteiger charge is -2.18. The number of benzene rings is 1. The highest BCUT2D eigenvalue weighted by Crippen LogP contribution is 2.15. The van der Waals surface area contributed by atoms with E-state index in [-0.39, 0.29) is 12.6 Å². The van der Waals surface area contributed by atoms with Gasteiger partial charge in [-0.1, -0.05) is 13.0 Å². The Morgan fingerprint density at radius 3 is 2.48 bits per heavy atom. The van der Waals surface area contributed by atoms with E-state index < -0.39 is 24.4 Å². The van der Waals surface area contributed by atoms with Crippen LogP contribution in [0.25, 0.3) is 0 Å². The minimum absolute atomic E-state index is 0.0547. The first-order valence-electron chi connectivity index (χ1n) is 6.63. The monoisotopic (exact) mass is 311 g/mol. The summed E-state index contributed by atoms with van der Waals surface area (Å²) in [7, 11) is 0. The van der Waals surface area contributed by atoms with Crippen molar-refractivity contribution in [1.29, 1.82) is 0 Å². The summed E-state index contributed by atoms with van der Waals surface area (Å²) in [6.07, 6.45) is -3.60. The fraction of sp³-hybridized carbons (Fsp3) is 0.571. The molecule has 0 aromatic heterocycles. The van der Waals surface area contributed by atoms with Gasteiger partial charge in [0.2, 0.25) is 0 Å². The van der Waals surface area contributed by atoms with E-state index in [1.165, 1.54) is 6.07 Å². The van der Waals surface area contributed by atoms with Crippen molar-refractivity contribution in [3.05, 3.63) is 35.4 Å². The van der Waals surface area contributed by atoms with E-state index in [1.54, 1.807) is 0 Å². The Hall–Kier alpha value is -1.21. The molecule has 0 spiro atoms. The van der Waals surface area contributed by atoms with Gasteiger partial charge in [0.25, 0.3) is 0 Å². The molecule has 0 radical (unpaired) electrons. The minimum Gasteiger partial charge on any atom is -0.372 e. The first kappa shape index (κ1) is 17.8. The SMILES string of the molecule is CCNC(CCOCC(F)(F)F)Cc1ccc(F)c(F)c1. The van der Waals surface area contributed by atoms with Crippen LogP contribution in [-0.2, 0) is 11.2 Å². The molecule has 120 valence electrons. The summed E-state index contributed by atoms with van der Waals surface area (Å²) in [6, 6.07) is 3.43. The van der Waals surface area contributed by atoms with Crippen molar-refractivity contribution in [2.24, 2.45) is 0 Å². The van der Waals surface area contributed by atoms with Crippen LogP contribution in [0.15, 0.2) is 18.2 Å². The number of hydrogen-bond acceptors (Lipinski definition) is 2. The Morgan fingerprint density at radius 2 is 1.90 bits per heavy atom. The van der Waals surface area contributed by atoms with Gasteiger partial charge in [-0.3, -0.25) is 0 Å². The third-order valence-electron chi connectivity index (χ3n) is 2.84. The van der Waals surface area contributed by atoms with Crippen LogP contribution in [0, 0.1) is 11.6 Å². The van der Waals surface area contributed by atoms with Crippen molar-refractivity contribution in [2.75, 3.05) is 19.8 Å². The highest BCUT2D eigenvalue weighted by Gasteiger charge is 2.27. The molecule has 0 fully saturated rings. The molecule has 7 heteroatoms. The predicted molar refractivity (Wildman–Crippen MR) is 69.0 cm³/mol. The summed E-state index contributed by atoms with van der Waals surface area (Å²) in [5, 5.41) is 3.09. The molecular weight excluding hydrogens is 293 g/mol. The third kappa shape index (κ3) is 7.38. The van der Waals surface area contributed by atoms with E-state index >= 15 is 0 Å². The number of rotatable bonds is 8. The van der Waals surface area contributed by atoms with Gasteiger partial charge in [0, 0.05) is 12.6 Å². The summed E-state index contributed by atoms with van der Waals surface area (Å²) < 4.78 is 66.3. The van der Waals surface area contributed by atoms with Crippen molar-refractivity contribution < 1.29 is 26.7 Å². The zero-order valence-corrected chi connectivity index (χ0v) is 11.6. The molecule has 21 heavy (non-hydrogen) atoms. The second kappa shape index (κ2) is 8.29. The lowest BCUT2D eigenvalue weighted by molar-refractivity contribution is -0.174. The molecule has 1 aromatic rings. The maximum absolute atomic E-state index is 13.1. The van der Waals surface area contributed by atoms with Gasteiger partial charge in [-0.25, -0.2) is 8.78 Å². The Labute approximate surface area is 120 Å². The number of hydrogen-bond donors (Lipinski definition) is 1. The van der Waals surface area contributed by atoms with E-state index in [0.29, 0.717) is 24.9 Å². The summed E-state index contributed by atoms with van der Waals surface area (Å²) in [6.45, 7) is 1.14. The molecule has 0 aliphatic heterocycles. The van der Waals surface area contributed by atoms with Gasteiger partial charge in [-0.05, 0) is 37.1 Å². The first-order chi connectivity index (χ1) is 9.81. The Bertz CT molecular complexity index is 436. The van der Waals surface area contributed by atoms with Crippen LogP contribution in [0.3, 0.4) is 0 Å². The van der Waals surface area contributed by atoms with Crippen molar-refractivity contribution in [1.82, 2.24) is 5.32 Å². The quantitative estimate of drug-likeness (QED) is 0.586. The number of alkyl halides is 3. The number of nitrogens with one attached hydrogen (secondary N) is 1. The van der Waals surface area contributed by atoms with Gasteiger partial charge >= 0.3 is 6.18 Å². The predicted octanol–water partition coefficient (Wildman–Crippen LogP) is 3.45. The molecule has 0 amide bonds. The number of likely N-dealkylation sites (N-methyl/N-ethyl adjacent to an activating group) is 1. The molecule has 0 aliphatic rings. The summed E-state index contributed by atoms with van der Waals surface area (Å²) >= 11 is 0. The number of ether oxygens (including phenoxy) is 1. The molecule has 0 saturated heterocycles. The second-order valence-electron chi connectivity index (χ2n) is 4.66. The van der Waals surface area contributed by atoms with Gasteiger partial charge in [0.05, 0.1) is 0 Å². The molecule has 0 bridgehead atoms. The molecule has 1 N–H and O–H groups in total. The van der Waals surface area contributed by atoms with Gasteiger partial charge in [0.1, 0.15) is 6.61 Å². The Morgan fingerprint density at radius 1 is 1.19 bits per heavy atom. The van der Waals surface area contributed by atoms with Crippen molar-refractivity contribution in [2.45, 2.75) is 32.0 Å². The Balaban J connectivity index is 2.47. The van der Waals surface area contributed by atoms with Crippen LogP contribution in [0.1, 0.15) is 18.9 Å². The fourth-order valence-electron chi connectivity index (χ4n) is 1.93. The van der Waals surface area contributed by atoms with Crippen LogP contribution in [0.5, 0.6) is 0 Å². The number of halogens is 5. The van der Waals surface area contributed by atoms with E-state index in [9.17, 15) is 22.0 Å². The lowest BCUT2D eigenvalue weighted by atomic mass is 10.0. The highest BCUT2D eigenvalue weighted by molar-refractivity contribution is 5.18. The smallest absolute Gasteiger partial charge is 0.372 e. The molecule has 0 heterocycles. The highest BCUT2D eigenvalue weighted by atomic mass is 19.4. The fourth-order valence-corrected chi connectivity index (χ4v) is 1.93. The summed E-state index contributed by atoms with van der Waals surface area (Å²) in [5.74, 6) is -1.86. The van der Waals surface area contributed by atoms with Gasteiger partial charge in [-0.15, -0.1) is 0 Å². The van der Waals surface area contributed by atoms with Crippen LogP contribution >= 0.6 is 0 Å². The van der Waals surface area contributed by atoms with Crippen molar-refractivity contribution in [3.63, 3.8) is 0 Å². The Kier molecular flexibility index (Phi) is 7.04.